The monoisotopic (exact) mass is 236 g/mol. The Kier molecular flexibility index (Phi) is 3.45. The van der Waals surface area contributed by atoms with Gasteiger partial charge in [0.25, 0.3) is 0 Å². The Hall–Kier alpha value is -0.0800. The summed E-state index contributed by atoms with van der Waals surface area (Å²) in [6, 6.07) is 0. The van der Waals surface area contributed by atoms with Crippen LogP contribution in [0.15, 0.2) is 0 Å². The van der Waals surface area contributed by atoms with E-state index in [-0.39, 0.29) is 0 Å². The molecule has 2 heteroatoms. The second-order valence-electron chi connectivity index (χ2n) is 6.38. The summed E-state index contributed by atoms with van der Waals surface area (Å²) in [5, 5.41) is 3.70. The smallest absolute Gasteiger partial charge is 0.0107 e. The molecule has 0 heterocycles. The molecule has 0 aliphatic heterocycles. The van der Waals surface area contributed by atoms with Crippen LogP contribution in [0.2, 0.25) is 0 Å². The van der Waals surface area contributed by atoms with Gasteiger partial charge in [0.15, 0.2) is 0 Å². The van der Waals surface area contributed by atoms with Crippen molar-refractivity contribution in [2.24, 2.45) is 29.6 Å². The van der Waals surface area contributed by atoms with Crippen molar-refractivity contribution >= 4 is 0 Å². The van der Waals surface area contributed by atoms with Crippen LogP contribution in [0.1, 0.15) is 33.1 Å². The minimum absolute atomic E-state index is 1.07. The molecule has 3 fully saturated rings. The van der Waals surface area contributed by atoms with E-state index >= 15 is 0 Å². The van der Waals surface area contributed by atoms with E-state index in [0.717, 1.165) is 29.6 Å². The number of hydrogen-bond donors (Lipinski definition) is 1. The lowest BCUT2D eigenvalue weighted by atomic mass is 10.0. The number of hydrogen-bond acceptors (Lipinski definition) is 2. The number of fused-ring (bicyclic) bond motifs is 5. The van der Waals surface area contributed by atoms with Crippen LogP contribution in [0.3, 0.4) is 0 Å². The minimum Gasteiger partial charge on any atom is -0.315 e. The number of nitrogens with zero attached hydrogens (tertiary/aromatic N) is 1. The molecule has 17 heavy (non-hydrogen) atoms. The van der Waals surface area contributed by atoms with E-state index in [2.05, 4.69) is 24.1 Å². The summed E-state index contributed by atoms with van der Waals surface area (Å²) in [7, 11) is 0. The Bertz CT molecular complexity index is 246. The maximum absolute atomic E-state index is 3.70. The third kappa shape index (κ3) is 2.15. The van der Waals surface area contributed by atoms with Gasteiger partial charge in [0.1, 0.15) is 0 Å². The molecule has 3 rings (SSSR count). The van der Waals surface area contributed by atoms with Crippen molar-refractivity contribution in [1.82, 2.24) is 10.2 Å². The highest BCUT2D eigenvalue weighted by Crippen LogP contribution is 2.69. The summed E-state index contributed by atoms with van der Waals surface area (Å²) in [6.07, 6.45) is 4.70. The molecule has 1 N–H and O–H groups in total. The van der Waals surface area contributed by atoms with Crippen LogP contribution < -0.4 is 5.32 Å². The SMILES string of the molecule is CCN(CC)CCNCC1C2C3CCC(C3)C12. The summed E-state index contributed by atoms with van der Waals surface area (Å²) in [5.74, 6) is 5.64. The summed E-state index contributed by atoms with van der Waals surface area (Å²) in [6.45, 7) is 10.6. The minimum atomic E-state index is 1.07. The Morgan fingerprint density at radius 2 is 1.71 bits per heavy atom. The van der Waals surface area contributed by atoms with Gasteiger partial charge in [-0.1, -0.05) is 13.8 Å². The quantitative estimate of drug-likeness (QED) is 0.682. The molecule has 3 aliphatic rings. The van der Waals surface area contributed by atoms with Crippen molar-refractivity contribution in [3.63, 3.8) is 0 Å². The zero-order chi connectivity index (χ0) is 11.8. The molecule has 98 valence electrons. The van der Waals surface area contributed by atoms with E-state index < -0.39 is 0 Å². The molecule has 3 aliphatic carbocycles. The zero-order valence-corrected chi connectivity index (χ0v) is 11.5. The van der Waals surface area contributed by atoms with Crippen molar-refractivity contribution in [2.45, 2.75) is 33.1 Å². The maximum atomic E-state index is 3.70. The van der Waals surface area contributed by atoms with E-state index in [1.165, 1.54) is 32.7 Å². The van der Waals surface area contributed by atoms with E-state index in [9.17, 15) is 0 Å². The Labute approximate surface area is 106 Å². The van der Waals surface area contributed by atoms with Gasteiger partial charge in [-0.3, -0.25) is 0 Å². The summed E-state index contributed by atoms with van der Waals surface area (Å²) in [5.41, 5.74) is 0. The highest BCUT2D eigenvalue weighted by atomic mass is 15.1. The molecule has 0 aromatic heterocycles. The zero-order valence-electron chi connectivity index (χ0n) is 11.5. The first-order valence-electron chi connectivity index (χ1n) is 7.78. The molecule has 0 radical (unpaired) electrons. The first-order valence-corrected chi connectivity index (χ1v) is 7.78. The largest absolute Gasteiger partial charge is 0.315 e. The molecule has 0 amide bonds. The molecule has 4 atom stereocenters. The topological polar surface area (TPSA) is 15.3 Å². The molecule has 4 unspecified atom stereocenters. The first kappa shape index (κ1) is 12.0. The Morgan fingerprint density at radius 1 is 1.06 bits per heavy atom. The summed E-state index contributed by atoms with van der Waals surface area (Å²) < 4.78 is 0. The number of nitrogens with one attached hydrogen (secondary N) is 1. The average Bonchev–Trinajstić information content (AvgIpc) is 2.75. The van der Waals surface area contributed by atoms with Crippen LogP contribution >= 0.6 is 0 Å². The van der Waals surface area contributed by atoms with E-state index in [0.29, 0.717) is 0 Å². The summed E-state index contributed by atoms with van der Waals surface area (Å²) >= 11 is 0. The van der Waals surface area contributed by atoms with Crippen LogP contribution in [-0.4, -0.2) is 37.6 Å². The second kappa shape index (κ2) is 4.89. The van der Waals surface area contributed by atoms with Gasteiger partial charge >= 0.3 is 0 Å². The van der Waals surface area contributed by atoms with Crippen molar-refractivity contribution in [3.05, 3.63) is 0 Å². The van der Waals surface area contributed by atoms with Gasteiger partial charge in [0, 0.05) is 13.1 Å². The van der Waals surface area contributed by atoms with E-state index in [1.54, 1.807) is 19.3 Å². The molecule has 3 saturated carbocycles. The molecular formula is C15H28N2. The van der Waals surface area contributed by atoms with E-state index in [1.807, 2.05) is 0 Å². The van der Waals surface area contributed by atoms with Crippen molar-refractivity contribution in [1.29, 1.82) is 0 Å². The normalized spacial score (nSPS) is 42.2. The molecule has 0 spiro atoms. The molecule has 0 aromatic rings. The van der Waals surface area contributed by atoms with Crippen LogP contribution in [0.4, 0.5) is 0 Å². The van der Waals surface area contributed by atoms with Crippen molar-refractivity contribution in [2.75, 3.05) is 32.7 Å². The summed E-state index contributed by atoms with van der Waals surface area (Å²) in [4.78, 5) is 2.50. The van der Waals surface area contributed by atoms with Crippen molar-refractivity contribution < 1.29 is 0 Å². The predicted octanol–water partition coefficient (Wildman–Crippen LogP) is 2.21. The van der Waals surface area contributed by atoms with Gasteiger partial charge < -0.3 is 10.2 Å². The van der Waals surface area contributed by atoms with Crippen LogP contribution in [0.25, 0.3) is 0 Å². The first-order chi connectivity index (χ1) is 8.35. The second-order valence-corrected chi connectivity index (χ2v) is 6.38. The maximum Gasteiger partial charge on any atom is 0.0107 e. The number of rotatable bonds is 7. The fourth-order valence-electron chi connectivity index (χ4n) is 4.83. The third-order valence-corrected chi connectivity index (χ3v) is 5.77. The molecule has 2 bridgehead atoms. The van der Waals surface area contributed by atoms with Crippen LogP contribution in [-0.2, 0) is 0 Å². The Morgan fingerprint density at radius 3 is 2.29 bits per heavy atom. The molecular weight excluding hydrogens is 208 g/mol. The lowest BCUT2D eigenvalue weighted by Gasteiger charge is -2.18. The average molecular weight is 236 g/mol. The van der Waals surface area contributed by atoms with Gasteiger partial charge in [0.05, 0.1) is 0 Å². The van der Waals surface area contributed by atoms with Gasteiger partial charge in [-0.2, -0.15) is 0 Å². The predicted molar refractivity (Wildman–Crippen MR) is 72.0 cm³/mol. The van der Waals surface area contributed by atoms with Gasteiger partial charge in [-0.05, 0) is 68.5 Å². The lowest BCUT2D eigenvalue weighted by molar-refractivity contribution is 0.300. The molecule has 0 saturated heterocycles. The fourth-order valence-corrected chi connectivity index (χ4v) is 4.83. The lowest BCUT2D eigenvalue weighted by Crippen LogP contribution is -2.33. The Balaban J connectivity index is 1.32. The highest BCUT2D eigenvalue weighted by molar-refractivity contribution is 5.13. The molecule has 0 aromatic carbocycles. The van der Waals surface area contributed by atoms with Gasteiger partial charge in [-0.15, -0.1) is 0 Å². The van der Waals surface area contributed by atoms with Crippen LogP contribution in [0.5, 0.6) is 0 Å². The fraction of sp³-hybridized carbons (Fsp3) is 1.00. The number of likely N-dealkylation sites (N-methyl/N-ethyl adjacent to an activating group) is 1. The van der Waals surface area contributed by atoms with Gasteiger partial charge in [0.2, 0.25) is 0 Å². The third-order valence-electron chi connectivity index (χ3n) is 5.77. The standard InChI is InChI=1S/C15H28N2/c1-3-17(4-2)8-7-16-10-13-14-11-5-6-12(9-11)15(13)14/h11-16H,3-10H2,1-2H3. The van der Waals surface area contributed by atoms with Crippen LogP contribution in [0, 0.1) is 29.6 Å². The highest BCUT2D eigenvalue weighted by Gasteiger charge is 2.64. The molecule has 2 nitrogen and oxygen atoms in total. The van der Waals surface area contributed by atoms with Gasteiger partial charge in [-0.25, -0.2) is 0 Å². The van der Waals surface area contributed by atoms with Crippen molar-refractivity contribution in [3.8, 4) is 0 Å². The van der Waals surface area contributed by atoms with E-state index in [4.69, 9.17) is 0 Å².